The van der Waals surface area contributed by atoms with E-state index in [4.69, 9.17) is 4.74 Å². The summed E-state index contributed by atoms with van der Waals surface area (Å²) in [5, 5.41) is 0. The van der Waals surface area contributed by atoms with Gasteiger partial charge in [0, 0.05) is 5.57 Å². The van der Waals surface area contributed by atoms with Crippen molar-refractivity contribution in [2.75, 3.05) is 0 Å². The number of carbonyl (C=O) groups is 1. The summed E-state index contributed by atoms with van der Waals surface area (Å²) in [5.41, 5.74) is 1.03. The van der Waals surface area contributed by atoms with E-state index in [-0.39, 0.29) is 7.53 Å². The first kappa shape index (κ1) is 5.47. The summed E-state index contributed by atoms with van der Waals surface area (Å²) in [5.74, 6) is 0.817. The van der Waals surface area contributed by atoms with Gasteiger partial charge < -0.3 is 4.74 Å². The van der Waals surface area contributed by atoms with E-state index >= 15 is 0 Å². The molecule has 0 aromatic heterocycles. The Bertz CT molecular complexity index is 263. The van der Waals surface area contributed by atoms with Crippen LogP contribution in [0.15, 0.2) is 35.6 Å². The van der Waals surface area contributed by atoms with Crippen LogP contribution in [-0.2, 0) is 9.53 Å². The van der Waals surface area contributed by atoms with Crippen molar-refractivity contribution >= 4 is 6.29 Å². The van der Waals surface area contributed by atoms with Gasteiger partial charge in [0.15, 0.2) is 12.4 Å². The molecule has 1 unspecified atom stereocenters. The van der Waals surface area contributed by atoms with Crippen LogP contribution >= 0.6 is 0 Å². The van der Waals surface area contributed by atoms with E-state index in [2.05, 4.69) is 0 Å². The van der Waals surface area contributed by atoms with Crippen molar-refractivity contribution < 1.29 is 11.0 Å². The van der Waals surface area contributed by atoms with Crippen LogP contribution in [0.5, 0.6) is 0 Å². The molecule has 0 amide bonds. The van der Waals surface area contributed by atoms with E-state index in [0.29, 0.717) is 0 Å². The molecule has 2 rings (SSSR count). The molecule has 1 aliphatic carbocycles. The molecule has 0 saturated heterocycles. The minimum Gasteiger partial charge on any atom is -0.478 e. The van der Waals surface area contributed by atoms with E-state index in [1.54, 1.807) is 0 Å². The average molecular weight is 135 g/mol. The Balaban J connectivity index is 0.000000605. The maximum atomic E-state index is 10.2. The number of hydrogen-bond donors (Lipinski definition) is 0. The fraction of sp³-hybridized carbons (Fsp3) is 0.125. The number of hydrogen-bond acceptors (Lipinski definition) is 2. The first-order chi connectivity index (χ1) is 4.90. The third-order valence-corrected chi connectivity index (χ3v) is 1.55. The molecule has 0 radical (unpaired) electrons. The number of rotatable bonds is 1. The molecule has 0 aromatic rings. The van der Waals surface area contributed by atoms with Crippen molar-refractivity contribution in [1.82, 2.24) is 0 Å². The van der Waals surface area contributed by atoms with Gasteiger partial charge in [0.1, 0.15) is 5.76 Å². The van der Waals surface area contributed by atoms with E-state index in [1.165, 1.54) is 0 Å². The fourth-order valence-corrected chi connectivity index (χ4v) is 1.09. The molecule has 2 aliphatic rings. The smallest absolute Gasteiger partial charge is 0.478 e. The topological polar surface area (TPSA) is 26.3 Å². The van der Waals surface area contributed by atoms with Crippen molar-refractivity contribution in [1.29, 1.82) is 0 Å². The maximum Gasteiger partial charge on any atom is 1.00 e. The zero-order chi connectivity index (χ0) is 6.97. The molecule has 50 valence electrons. The van der Waals surface area contributed by atoms with E-state index in [0.717, 1.165) is 17.6 Å². The van der Waals surface area contributed by atoms with Crippen LogP contribution in [0.4, 0.5) is 0 Å². The Morgan fingerprint density at radius 2 is 2.60 bits per heavy atom. The van der Waals surface area contributed by atoms with Crippen LogP contribution in [0, 0.1) is 0 Å². The molecule has 0 aromatic carbocycles. The van der Waals surface area contributed by atoms with Gasteiger partial charge in [-0.1, -0.05) is 12.2 Å². The van der Waals surface area contributed by atoms with Gasteiger partial charge in [0.05, 0.1) is 0 Å². The standard InChI is InChI=1S/C8H6O2/c9-5-7-4-6-2-1-3-8(6)10-7/h1-5,7H/p+1. The van der Waals surface area contributed by atoms with Crippen LogP contribution in [0.2, 0.25) is 0 Å². The quantitative estimate of drug-likeness (QED) is 0.503. The molecule has 2 nitrogen and oxygen atoms in total. The van der Waals surface area contributed by atoms with Gasteiger partial charge in [-0.15, -0.1) is 0 Å². The van der Waals surface area contributed by atoms with Gasteiger partial charge in [0.25, 0.3) is 0 Å². The largest absolute Gasteiger partial charge is 1.00 e. The van der Waals surface area contributed by atoms with Gasteiger partial charge in [-0.3, -0.25) is 4.79 Å². The van der Waals surface area contributed by atoms with Crippen LogP contribution in [-0.4, -0.2) is 12.4 Å². The van der Waals surface area contributed by atoms with Crippen LogP contribution in [0.25, 0.3) is 0 Å². The SMILES string of the molecule is O=CC1C=C2C=CC=C2O1.[H+]. The summed E-state index contributed by atoms with van der Waals surface area (Å²) in [4.78, 5) is 10.2. The van der Waals surface area contributed by atoms with Gasteiger partial charge >= 0.3 is 1.43 Å². The fourth-order valence-electron chi connectivity index (χ4n) is 1.09. The number of carbonyl (C=O) groups excluding carboxylic acids is 1. The minimum atomic E-state index is -0.355. The van der Waals surface area contributed by atoms with E-state index in [9.17, 15) is 4.79 Å². The molecular weight excluding hydrogens is 128 g/mol. The lowest BCUT2D eigenvalue weighted by atomic mass is 10.2. The Morgan fingerprint density at radius 3 is 3.30 bits per heavy atom. The third kappa shape index (κ3) is 0.620. The number of fused-ring (bicyclic) bond motifs is 1. The summed E-state index contributed by atoms with van der Waals surface area (Å²) in [6.07, 6.45) is 7.93. The summed E-state index contributed by atoms with van der Waals surface area (Å²) in [6, 6.07) is 0. The predicted molar refractivity (Wildman–Crippen MR) is 37.4 cm³/mol. The highest BCUT2D eigenvalue weighted by atomic mass is 16.5. The summed E-state index contributed by atoms with van der Waals surface area (Å²) in [7, 11) is 0. The second-order valence-electron chi connectivity index (χ2n) is 2.23. The van der Waals surface area contributed by atoms with E-state index in [1.807, 2.05) is 24.3 Å². The lowest BCUT2D eigenvalue weighted by Crippen LogP contribution is -2.03. The van der Waals surface area contributed by atoms with E-state index < -0.39 is 0 Å². The van der Waals surface area contributed by atoms with Crippen LogP contribution in [0.1, 0.15) is 1.43 Å². The lowest BCUT2D eigenvalue weighted by Gasteiger charge is -1.99. The van der Waals surface area contributed by atoms with Crippen molar-refractivity contribution in [2.24, 2.45) is 0 Å². The molecule has 0 fully saturated rings. The molecule has 0 spiro atoms. The third-order valence-electron chi connectivity index (χ3n) is 1.55. The summed E-state index contributed by atoms with van der Waals surface area (Å²) in [6.45, 7) is 0. The van der Waals surface area contributed by atoms with Gasteiger partial charge in [-0.25, -0.2) is 0 Å². The Kier molecular flexibility index (Phi) is 1.01. The average Bonchev–Trinajstić information content (AvgIpc) is 2.42. The molecule has 1 atom stereocenters. The lowest BCUT2D eigenvalue weighted by molar-refractivity contribution is -0.113. The molecule has 10 heavy (non-hydrogen) atoms. The number of ether oxygens (including phenoxy) is 1. The maximum absolute atomic E-state index is 10.2. The molecule has 0 saturated carbocycles. The highest BCUT2D eigenvalue weighted by molar-refractivity contribution is 5.65. The van der Waals surface area contributed by atoms with Crippen molar-refractivity contribution in [3.05, 3.63) is 35.6 Å². The molecular formula is C8H7O2+. The van der Waals surface area contributed by atoms with Crippen molar-refractivity contribution in [2.45, 2.75) is 6.10 Å². The summed E-state index contributed by atoms with van der Waals surface area (Å²) < 4.78 is 5.17. The molecule has 1 heterocycles. The Labute approximate surface area is 60.0 Å². The van der Waals surface area contributed by atoms with Crippen LogP contribution in [0.3, 0.4) is 0 Å². The highest BCUT2D eigenvalue weighted by Crippen LogP contribution is 2.27. The Hall–Kier alpha value is -1.31. The first-order valence-corrected chi connectivity index (χ1v) is 3.12. The second-order valence-corrected chi connectivity index (χ2v) is 2.23. The van der Waals surface area contributed by atoms with Gasteiger partial charge in [-0.05, 0) is 12.2 Å². The van der Waals surface area contributed by atoms with Gasteiger partial charge in [0.2, 0.25) is 0 Å². The number of allylic oxidation sites excluding steroid dienone is 3. The highest BCUT2D eigenvalue weighted by Gasteiger charge is 2.20. The Morgan fingerprint density at radius 1 is 1.70 bits per heavy atom. The predicted octanol–water partition coefficient (Wildman–Crippen LogP) is 1.08. The first-order valence-electron chi connectivity index (χ1n) is 3.12. The zero-order valence-electron chi connectivity index (χ0n) is 6.28. The molecule has 0 N–H and O–H groups in total. The molecule has 2 heteroatoms. The zero-order valence-corrected chi connectivity index (χ0v) is 5.28. The number of aldehydes is 1. The van der Waals surface area contributed by atoms with Gasteiger partial charge in [-0.2, -0.15) is 0 Å². The second kappa shape index (κ2) is 1.84. The van der Waals surface area contributed by atoms with Crippen LogP contribution < -0.4 is 0 Å². The summed E-state index contributed by atoms with van der Waals surface area (Å²) >= 11 is 0. The van der Waals surface area contributed by atoms with Crippen molar-refractivity contribution in [3.63, 3.8) is 0 Å². The monoisotopic (exact) mass is 135 g/mol. The normalized spacial score (nSPS) is 27.0. The molecule has 1 aliphatic heterocycles. The van der Waals surface area contributed by atoms with Crippen molar-refractivity contribution in [3.8, 4) is 0 Å². The minimum absolute atomic E-state index is 0. The molecule has 0 bridgehead atoms.